The lowest BCUT2D eigenvalue weighted by molar-refractivity contribution is 0.0204. The third-order valence-corrected chi connectivity index (χ3v) is 5.58. The van der Waals surface area contributed by atoms with Crippen molar-refractivity contribution in [2.45, 2.75) is 57.3 Å². The molecule has 0 aromatic carbocycles. The second-order valence-corrected chi connectivity index (χ2v) is 8.71. The summed E-state index contributed by atoms with van der Waals surface area (Å²) in [7, 11) is 0. The summed E-state index contributed by atoms with van der Waals surface area (Å²) in [5.74, 6) is 2.25. The Kier molecular flexibility index (Phi) is 4.95. The van der Waals surface area contributed by atoms with Gasteiger partial charge in [0, 0.05) is 30.1 Å². The van der Waals surface area contributed by atoms with Crippen LogP contribution in [0.5, 0.6) is 0 Å². The molecule has 24 heavy (non-hydrogen) atoms. The normalized spacial score (nSPS) is 19.0. The van der Waals surface area contributed by atoms with Gasteiger partial charge in [0.05, 0.1) is 0 Å². The zero-order valence-corrected chi connectivity index (χ0v) is 15.5. The highest BCUT2D eigenvalue weighted by atomic mass is 32.2. The molecule has 0 radical (unpaired) electrons. The largest absolute Gasteiger partial charge is 0.444 e. The smallest absolute Gasteiger partial charge is 0.410 e. The molecule has 0 spiro atoms. The summed E-state index contributed by atoms with van der Waals surface area (Å²) < 4.78 is 5.43. The van der Waals surface area contributed by atoms with E-state index in [4.69, 9.17) is 4.74 Å². The molecule has 1 amide bonds. The number of H-pyrrole nitrogens is 1. The van der Waals surface area contributed by atoms with Crippen molar-refractivity contribution in [1.29, 1.82) is 0 Å². The zero-order chi connectivity index (χ0) is 17.3. The second kappa shape index (κ2) is 6.82. The summed E-state index contributed by atoms with van der Waals surface area (Å²) in [5, 5.41) is 0. The molecule has 1 N–H and O–H groups in total. The van der Waals surface area contributed by atoms with Crippen LogP contribution in [0.25, 0.3) is 0 Å². The number of thioether (sulfide) groups is 1. The first-order valence-electron chi connectivity index (χ1n) is 8.64. The summed E-state index contributed by atoms with van der Waals surface area (Å²) in [6.45, 7) is 6.92. The van der Waals surface area contributed by atoms with Crippen LogP contribution in [0.1, 0.15) is 56.4 Å². The molecule has 6 heteroatoms. The third kappa shape index (κ3) is 3.97. The lowest BCUT2D eigenvalue weighted by Crippen LogP contribution is -2.42. The lowest BCUT2D eigenvalue weighted by Gasteiger charge is -2.33. The molecule has 1 aromatic heterocycles. The quantitative estimate of drug-likeness (QED) is 0.844. The summed E-state index contributed by atoms with van der Waals surface area (Å²) in [5.41, 5.74) is 2.85. The number of nitrogens with one attached hydrogen (secondary N) is 1. The molecular weight excluding hydrogens is 324 g/mol. The van der Waals surface area contributed by atoms with E-state index in [-0.39, 0.29) is 17.6 Å². The number of ether oxygens (including phenoxy) is 1. The maximum atomic E-state index is 12.4. The Labute approximate surface area is 147 Å². The predicted octanol–water partition coefficient (Wildman–Crippen LogP) is 3.28. The standard InChI is InChI=1S/C18H26N2O3S/c1-18(2,3)23-17(22)20-7-4-12(5-8-20)14-10-13-6-9-24-11-15(13)19-16(14)21/h10,12H,4-9,11H2,1-3H3,(H,19,21). The van der Waals surface area contributed by atoms with Gasteiger partial charge in [-0.3, -0.25) is 4.79 Å². The molecule has 0 bridgehead atoms. The average molecular weight is 350 g/mol. The highest BCUT2D eigenvalue weighted by Crippen LogP contribution is 2.29. The molecule has 2 aliphatic rings. The molecule has 2 aliphatic heterocycles. The van der Waals surface area contributed by atoms with Crippen LogP contribution in [-0.2, 0) is 16.9 Å². The number of aromatic amines is 1. The van der Waals surface area contributed by atoms with E-state index in [1.807, 2.05) is 32.5 Å². The summed E-state index contributed by atoms with van der Waals surface area (Å²) >= 11 is 1.87. The van der Waals surface area contributed by atoms with Gasteiger partial charge in [-0.05, 0) is 63.3 Å². The Bertz CT molecular complexity index is 670. The summed E-state index contributed by atoms with van der Waals surface area (Å²) in [6, 6.07) is 2.11. The van der Waals surface area contributed by atoms with Gasteiger partial charge in [-0.15, -0.1) is 0 Å². The first kappa shape index (κ1) is 17.4. The van der Waals surface area contributed by atoms with Crippen LogP contribution in [0, 0.1) is 0 Å². The number of carbonyl (C=O) groups is 1. The van der Waals surface area contributed by atoms with Crippen molar-refractivity contribution >= 4 is 17.9 Å². The molecule has 1 saturated heterocycles. The van der Waals surface area contributed by atoms with Crippen LogP contribution in [-0.4, -0.2) is 40.4 Å². The molecule has 3 rings (SSSR count). The molecule has 0 aliphatic carbocycles. The SMILES string of the molecule is CC(C)(C)OC(=O)N1CCC(c2cc3c([nH]c2=O)CSCC3)CC1. The van der Waals surface area contributed by atoms with E-state index in [1.165, 1.54) is 5.56 Å². The number of hydrogen-bond acceptors (Lipinski definition) is 4. The number of pyridine rings is 1. The van der Waals surface area contributed by atoms with Crippen molar-refractivity contribution in [2.24, 2.45) is 0 Å². The van der Waals surface area contributed by atoms with Gasteiger partial charge in [-0.1, -0.05) is 0 Å². The number of aromatic nitrogens is 1. The van der Waals surface area contributed by atoms with E-state index in [1.54, 1.807) is 4.90 Å². The Morgan fingerprint density at radius 1 is 1.33 bits per heavy atom. The van der Waals surface area contributed by atoms with Crippen molar-refractivity contribution in [2.75, 3.05) is 18.8 Å². The van der Waals surface area contributed by atoms with Crippen LogP contribution in [0.2, 0.25) is 0 Å². The number of carbonyl (C=O) groups excluding carboxylic acids is 1. The lowest BCUT2D eigenvalue weighted by atomic mass is 9.89. The monoisotopic (exact) mass is 350 g/mol. The highest BCUT2D eigenvalue weighted by molar-refractivity contribution is 7.98. The molecule has 132 valence electrons. The maximum absolute atomic E-state index is 12.4. The predicted molar refractivity (Wildman–Crippen MR) is 96.7 cm³/mol. The third-order valence-electron chi connectivity index (χ3n) is 4.59. The van der Waals surface area contributed by atoms with Crippen molar-refractivity contribution in [3.63, 3.8) is 0 Å². The molecule has 1 aromatic rings. The van der Waals surface area contributed by atoms with E-state index < -0.39 is 5.60 Å². The number of fused-ring (bicyclic) bond motifs is 1. The minimum absolute atomic E-state index is 0.0481. The van der Waals surface area contributed by atoms with E-state index in [0.29, 0.717) is 13.1 Å². The molecule has 3 heterocycles. The fraction of sp³-hybridized carbons (Fsp3) is 0.667. The fourth-order valence-corrected chi connectivity index (χ4v) is 4.31. The molecule has 0 unspecified atom stereocenters. The van der Waals surface area contributed by atoms with Gasteiger partial charge in [-0.25, -0.2) is 4.79 Å². The van der Waals surface area contributed by atoms with Gasteiger partial charge < -0.3 is 14.6 Å². The second-order valence-electron chi connectivity index (χ2n) is 7.60. The number of piperidine rings is 1. The van der Waals surface area contributed by atoms with Gasteiger partial charge in [0.15, 0.2) is 0 Å². The highest BCUT2D eigenvalue weighted by Gasteiger charge is 2.29. The molecule has 5 nitrogen and oxygen atoms in total. The number of likely N-dealkylation sites (tertiary alicyclic amines) is 1. The van der Waals surface area contributed by atoms with Gasteiger partial charge in [0.2, 0.25) is 0 Å². The van der Waals surface area contributed by atoms with E-state index >= 15 is 0 Å². The Morgan fingerprint density at radius 3 is 2.71 bits per heavy atom. The van der Waals surface area contributed by atoms with Crippen LogP contribution < -0.4 is 5.56 Å². The Morgan fingerprint density at radius 2 is 2.04 bits per heavy atom. The van der Waals surface area contributed by atoms with Gasteiger partial charge >= 0.3 is 6.09 Å². The molecule has 0 atom stereocenters. The van der Waals surface area contributed by atoms with Crippen LogP contribution in [0.4, 0.5) is 4.79 Å². The number of hydrogen-bond donors (Lipinski definition) is 1. The minimum atomic E-state index is -0.471. The summed E-state index contributed by atoms with van der Waals surface area (Å²) in [6.07, 6.45) is 2.41. The van der Waals surface area contributed by atoms with Gasteiger partial charge in [0.1, 0.15) is 5.60 Å². The number of amides is 1. The van der Waals surface area contributed by atoms with Crippen molar-refractivity contribution < 1.29 is 9.53 Å². The van der Waals surface area contributed by atoms with Crippen LogP contribution in [0.3, 0.4) is 0 Å². The number of aryl methyl sites for hydroxylation is 1. The van der Waals surface area contributed by atoms with E-state index in [2.05, 4.69) is 11.1 Å². The van der Waals surface area contributed by atoms with Crippen LogP contribution >= 0.6 is 11.8 Å². The Hall–Kier alpha value is -1.43. The zero-order valence-electron chi connectivity index (χ0n) is 14.7. The minimum Gasteiger partial charge on any atom is -0.444 e. The molecular formula is C18H26N2O3S. The first-order valence-corrected chi connectivity index (χ1v) is 9.79. The van der Waals surface area contributed by atoms with E-state index in [9.17, 15) is 9.59 Å². The molecule has 0 saturated carbocycles. The number of rotatable bonds is 1. The maximum Gasteiger partial charge on any atom is 0.410 e. The number of nitrogens with zero attached hydrogens (tertiary/aromatic N) is 1. The molecule has 1 fully saturated rings. The fourth-order valence-electron chi connectivity index (χ4n) is 3.34. The average Bonchev–Trinajstić information content (AvgIpc) is 2.53. The van der Waals surface area contributed by atoms with E-state index in [0.717, 1.165) is 42.0 Å². The first-order chi connectivity index (χ1) is 11.3. The Balaban J connectivity index is 1.67. The topological polar surface area (TPSA) is 62.4 Å². The van der Waals surface area contributed by atoms with Gasteiger partial charge in [-0.2, -0.15) is 11.8 Å². The van der Waals surface area contributed by atoms with Crippen molar-refractivity contribution in [3.05, 3.63) is 33.2 Å². The van der Waals surface area contributed by atoms with Gasteiger partial charge in [0.25, 0.3) is 5.56 Å². The van der Waals surface area contributed by atoms with Crippen molar-refractivity contribution in [1.82, 2.24) is 9.88 Å². The summed E-state index contributed by atoms with van der Waals surface area (Å²) in [4.78, 5) is 29.4. The van der Waals surface area contributed by atoms with Crippen LogP contribution in [0.15, 0.2) is 10.9 Å². The van der Waals surface area contributed by atoms with Crippen molar-refractivity contribution in [3.8, 4) is 0 Å².